The van der Waals surface area contributed by atoms with Gasteiger partial charge in [-0.3, -0.25) is 14.5 Å². The number of amides is 2. The van der Waals surface area contributed by atoms with Crippen LogP contribution in [-0.2, 0) is 0 Å². The lowest BCUT2D eigenvalue weighted by Gasteiger charge is -2.18. The maximum atomic E-state index is 12.2. The minimum Gasteiger partial charge on any atom is -0.491 e. The Morgan fingerprint density at radius 1 is 1.04 bits per heavy atom. The molecule has 0 fully saturated rings. The van der Waals surface area contributed by atoms with E-state index in [4.69, 9.17) is 4.74 Å². The molecule has 2 aromatic rings. The number of hydrogen-bond donors (Lipinski definition) is 1. The van der Waals surface area contributed by atoms with E-state index in [1.807, 2.05) is 12.1 Å². The Labute approximate surface area is 141 Å². The van der Waals surface area contributed by atoms with Crippen molar-refractivity contribution in [1.29, 1.82) is 0 Å². The molecule has 0 radical (unpaired) electrons. The van der Waals surface area contributed by atoms with Gasteiger partial charge in [0.05, 0.1) is 17.7 Å². The third kappa shape index (κ3) is 3.28. The van der Waals surface area contributed by atoms with Crippen molar-refractivity contribution >= 4 is 27.7 Å². The molecule has 0 aromatic heterocycles. The first-order valence-corrected chi connectivity index (χ1v) is 7.87. The van der Waals surface area contributed by atoms with Crippen molar-refractivity contribution in [3.05, 3.63) is 64.1 Å². The fourth-order valence-corrected chi connectivity index (χ4v) is 2.80. The molecule has 0 bridgehead atoms. The highest BCUT2D eigenvalue weighted by Crippen LogP contribution is 2.23. The molecule has 1 aliphatic heterocycles. The number of carbonyl (C=O) groups is 2. The third-order valence-corrected chi connectivity index (χ3v) is 4.00. The van der Waals surface area contributed by atoms with Crippen LogP contribution in [0.15, 0.2) is 53.0 Å². The molecule has 1 atom stereocenters. The second kappa shape index (κ2) is 6.52. The van der Waals surface area contributed by atoms with Crippen molar-refractivity contribution in [2.75, 3.05) is 13.2 Å². The Morgan fingerprint density at radius 2 is 1.70 bits per heavy atom. The SMILES string of the molecule is O=C1c2ccccc2C(=O)N1C[C@H](O)COc1cccc(Br)c1. The van der Waals surface area contributed by atoms with Crippen molar-refractivity contribution in [3.8, 4) is 5.75 Å². The van der Waals surface area contributed by atoms with Gasteiger partial charge in [0, 0.05) is 4.47 Å². The molecule has 2 amide bonds. The van der Waals surface area contributed by atoms with Crippen molar-refractivity contribution in [2.45, 2.75) is 6.10 Å². The number of aliphatic hydroxyl groups excluding tert-OH is 1. The predicted octanol–water partition coefficient (Wildman–Crippen LogP) is 2.49. The highest BCUT2D eigenvalue weighted by molar-refractivity contribution is 9.10. The highest BCUT2D eigenvalue weighted by atomic mass is 79.9. The molecule has 1 heterocycles. The van der Waals surface area contributed by atoms with E-state index in [-0.39, 0.29) is 25.0 Å². The Kier molecular flexibility index (Phi) is 4.45. The number of nitrogens with zero attached hydrogens (tertiary/aromatic N) is 1. The Hall–Kier alpha value is -2.18. The minimum atomic E-state index is -0.962. The van der Waals surface area contributed by atoms with E-state index in [9.17, 15) is 14.7 Å². The molecule has 6 heteroatoms. The number of fused-ring (bicyclic) bond motifs is 1. The summed E-state index contributed by atoms with van der Waals surface area (Å²) in [4.78, 5) is 25.5. The molecule has 5 nitrogen and oxygen atoms in total. The summed E-state index contributed by atoms with van der Waals surface area (Å²) in [6, 6.07) is 13.9. The number of ether oxygens (including phenoxy) is 1. The normalized spacial score (nSPS) is 14.8. The summed E-state index contributed by atoms with van der Waals surface area (Å²) >= 11 is 3.33. The van der Waals surface area contributed by atoms with E-state index in [2.05, 4.69) is 15.9 Å². The largest absolute Gasteiger partial charge is 0.491 e. The molecule has 0 saturated carbocycles. The van der Waals surface area contributed by atoms with E-state index >= 15 is 0 Å². The minimum absolute atomic E-state index is 0.0101. The van der Waals surface area contributed by atoms with Crippen LogP contribution in [0, 0.1) is 0 Å². The number of β-amino-alcohol motifs (C(OH)–C–C–N with tert-alkyl or cyclic N) is 1. The molecule has 1 aliphatic rings. The number of benzene rings is 2. The predicted molar refractivity (Wildman–Crippen MR) is 87.5 cm³/mol. The van der Waals surface area contributed by atoms with Gasteiger partial charge in [-0.05, 0) is 30.3 Å². The van der Waals surface area contributed by atoms with Gasteiger partial charge in [-0.2, -0.15) is 0 Å². The van der Waals surface area contributed by atoms with Crippen molar-refractivity contribution in [1.82, 2.24) is 4.90 Å². The number of aliphatic hydroxyl groups is 1. The first-order chi connectivity index (χ1) is 11.1. The molecule has 0 aliphatic carbocycles. The lowest BCUT2D eigenvalue weighted by Crippen LogP contribution is -2.39. The van der Waals surface area contributed by atoms with Crippen LogP contribution >= 0.6 is 15.9 Å². The first-order valence-electron chi connectivity index (χ1n) is 7.08. The van der Waals surface area contributed by atoms with Crippen LogP contribution < -0.4 is 4.74 Å². The fourth-order valence-electron chi connectivity index (χ4n) is 2.42. The van der Waals surface area contributed by atoms with Gasteiger partial charge in [-0.15, -0.1) is 0 Å². The van der Waals surface area contributed by atoms with Crippen LogP contribution in [0.5, 0.6) is 5.75 Å². The Morgan fingerprint density at radius 3 is 2.30 bits per heavy atom. The summed E-state index contributed by atoms with van der Waals surface area (Å²) in [6.07, 6.45) is -0.962. The number of hydrogen-bond acceptors (Lipinski definition) is 4. The number of halogens is 1. The molecular formula is C17H14BrNO4. The topological polar surface area (TPSA) is 66.8 Å². The van der Waals surface area contributed by atoms with Gasteiger partial charge >= 0.3 is 0 Å². The highest BCUT2D eigenvalue weighted by Gasteiger charge is 2.36. The molecule has 0 spiro atoms. The summed E-state index contributed by atoms with van der Waals surface area (Å²) in [5.41, 5.74) is 0.746. The average molecular weight is 376 g/mol. The quantitative estimate of drug-likeness (QED) is 0.815. The monoisotopic (exact) mass is 375 g/mol. The Bertz CT molecular complexity index is 727. The van der Waals surface area contributed by atoms with Crippen LogP contribution in [0.1, 0.15) is 20.7 Å². The van der Waals surface area contributed by atoms with Crippen LogP contribution in [0.4, 0.5) is 0 Å². The number of rotatable bonds is 5. The molecule has 3 rings (SSSR count). The molecule has 23 heavy (non-hydrogen) atoms. The molecule has 118 valence electrons. The zero-order chi connectivity index (χ0) is 16.4. The van der Waals surface area contributed by atoms with E-state index < -0.39 is 6.10 Å². The van der Waals surface area contributed by atoms with Crippen LogP contribution in [0.2, 0.25) is 0 Å². The van der Waals surface area contributed by atoms with Gasteiger partial charge in [0.1, 0.15) is 18.5 Å². The summed E-state index contributed by atoms with van der Waals surface area (Å²) in [5.74, 6) is -0.167. The molecule has 0 saturated heterocycles. The van der Waals surface area contributed by atoms with Crippen molar-refractivity contribution < 1.29 is 19.4 Å². The van der Waals surface area contributed by atoms with Gasteiger partial charge < -0.3 is 9.84 Å². The van der Waals surface area contributed by atoms with Crippen LogP contribution in [-0.4, -0.2) is 41.1 Å². The van der Waals surface area contributed by atoms with E-state index in [1.54, 1.807) is 36.4 Å². The Balaban J connectivity index is 1.62. The van der Waals surface area contributed by atoms with E-state index in [0.29, 0.717) is 16.9 Å². The lowest BCUT2D eigenvalue weighted by molar-refractivity contribution is 0.0457. The summed E-state index contributed by atoms with van der Waals surface area (Å²) < 4.78 is 6.34. The fraction of sp³-hybridized carbons (Fsp3) is 0.176. The zero-order valence-electron chi connectivity index (χ0n) is 12.1. The van der Waals surface area contributed by atoms with Gasteiger partial charge in [0.15, 0.2) is 0 Å². The van der Waals surface area contributed by atoms with Crippen molar-refractivity contribution in [3.63, 3.8) is 0 Å². The molecule has 0 unspecified atom stereocenters. The van der Waals surface area contributed by atoms with Gasteiger partial charge in [0.2, 0.25) is 0 Å². The number of carbonyl (C=O) groups excluding carboxylic acids is 2. The second-order valence-corrected chi connectivity index (χ2v) is 6.10. The summed E-state index contributed by atoms with van der Waals surface area (Å²) in [6.45, 7) is -0.107. The smallest absolute Gasteiger partial charge is 0.261 e. The second-order valence-electron chi connectivity index (χ2n) is 5.19. The zero-order valence-corrected chi connectivity index (χ0v) is 13.7. The molecule has 1 N–H and O–H groups in total. The third-order valence-electron chi connectivity index (χ3n) is 3.51. The van der Waals surface area contributed by atoms with Crippen LogP contribution in [0.3, 0.4) is 0 Å². The number of imide groups is 1. The maximum Gasteiger partial charge on any atom is 0.261 e. The van der Waals surface area contributed by atoms with Crippen molar-refractivity contribution in [2.24, 2.45) is 0 Å². The molecular weight excluding hydrogens is 362 g/mol. The van der Waals surface area contributed by atoms with Crippen LogP contribution in [0.25, 0.3) is 0 Å². The van der Waals surface area contributed by atoms with Gasteiger partial charge in [0.25, 0.3) is 11.8 Å². The average Bonchev–Trinajstić information content (AvgIpc) is 2.79. The lowest BCUT2D eigenvalue weighted by atomic mass is 10.1. The summed E-state index contributed by atoms with van der Waals surface area (Å²) in [7, 11) is 0. The van der Waals surface area contributed by atoms with Gasteiger partial charge in [-0.1, -0.05) is 34.1 Å². The van der Waals surface area contributed by atoms with E-state index in [1.165, 1.54) is 0 Å². The van der Waals surface area contributed by atoms with E-state index in [0.717, 1.165) is 9.37 Å². The first kappa shape index (κ1) is 15.7. The summed E-state index contributed by atoms with van der Waals surface area (Å²) in [5, 5.41) is 10.1. The standard InChI is InChI=1S/C17H14BrNO4/c18-11-4-3-5-13(8-11)23-10-12(20)9-19-16(21)14-6-1-2-7-15(14)17(19)22/h1-8,12,20H,9-10H2/t12-/m0/s1. The maximum absolute atomic E-state index is 12.2. The van der Waals surface area contributed by atoms with Gasteiger partial charge in [-0.25, -0.2) is 0 Å². The molecule has 2 aromatic carbocycles.